The predicted molar refractivity (Wildman–Crippen MR) is 94.5 cm³/mol. The number of methoxy groups -OCH3 is 2. The standard InChI is InChI=1S/C19H23NO5/c1-4-19(22)25-15-7-9-20(10-8-15)18(21)6-5-14-11-16(23-2)13-17(12-14)24-3/h4-6,11-13,15H,1,7-10H2,2-3H3/b6-5+. The number of likely N-dealkylation sites (tertiary alicyclic amines) is 1. The molecule has 1 aromatic rings. The molecule has 1 aromatic carbocycles. The van der Waals surface area contributed by atoms with Crippen LogP contribution in [-0.4, -0.2) is 50.2 Å². The van der Waals surface area contributed by atoms with Gasteiger partial charge in [-0.25, -0.2) is 4.79 Å². The number of hydrogen-bond acceptors (Lipinski definition) is 5. The molecule has 1 amide bonds. The summed E-state index contributed by atoms with van der Waals surface area (Å²) >= 11 is 0. The third kappa shape index (κ3) is 5.38. The van der Waals surface area contributed by atoms with Crippen LogP contribution in [0, 0.1) is 0 Å². The number of nitrogens with zero attached hydrogens (tertiary/aromatic N) is 1. The van der Waals surface area contributed by atoms with Crippen LogP contribution in [0.2, 0.25) is 0 Å². The van der Waals surface area contributed by atoms with Gasteiger partial charge in [0.1, 0.15) is 17.6 Å². The maximum Gasteiger partial charge on any atom is 0.330 e. The van der Waals surface area contributed by atoms with Gasteiger partial charge in [0.2, 0.25) is 5.91 Å². The van der Waals surface area contributed by atoms with E-state index in [1.165, 1.54) is 6.08 Å². The fourth-order valence-corrected chi connectivity index (χ4v) is 2.61. The number of ether oxygens (including phenoxy) is 3. The first-order chi connectivity index (χ1) is 12.0. The zero-order valence-electron chi connectivity index (χ0n) is 14.6. The molecule has 1 saturated heterocycles. The minimum absolute atomic E-state index is 0.0738. The number of hydrogen-bond donors (Lipinski definition) is 0. The van der Waals surface area contributed by atoms with Crippen molar-refractivity contribution in [1.82, 2.24) is 4.90 Å². The Morgan fingerprint density at radius 1 is 1.12 bits per heavy atom. The first kappa shape index (κ1) is 18.6. The van der Waals surface area contributed by atoms with E-state index < -0.39 is 5.97 Å². The van der Waals surface area contributed by atoms with E-state index in [2.05, 4.69) is 6.58 Å². The number of esters is 1. The van der Waals surface area contributed by atoms with Crippen molar-refractivity contribution in [2.24, 2.45) is 0 Å². The molecule has 0 atom stereocenters. The van der Waals surface area contributed by atoms with Crippen LogP contribution in [0.3, 0.4) is 0 Å². The summed E-state index contributed by atoms with van der Waals surface area (Å²) in [5, 5.41) is 0. The minimum atomic E-state index is -0.420. The topological polar surface area (TPSA) is 65.1 Å². The van der Waals surface area contributed by atoms with Crippen molar-refractivity contribution in [3.05, 3.63) is 42.5 Å². The van der Waals surface area contributed by atoms with Crippen LogP contribution in [0.4, 0.5) is 0 Å². The van der Waals surface area contributed by atoms with Gasteiger partial charge in [0, 0.05) is 44.1 Å². The average molecular weight is 345 g/mol. The Labute approximate surface area is 147 Å². The second-order valence-electron chi connectivity index (χ2n) is 5.64. The van der Waals surface area contributed by atoms with E-state index in [-0.39, 0.29) is 12.0 Å². The molecule has 0 N–H and O–H groups in total. The monoisotopic (exact) mass is 345 g/mol. The highest BCUT2D eigenvalue weighted by atomic mass is 16.5. The van der Waals surface area contributed by atoms with Crippen molar-refractivity contribution in [1.29, 1.82) is 0 Å². The molecule has 25 heavy (non-hydrogen) atoms. The van der Waals surface area contributed by atoms with Gasteiger partial charge >= 0.3 is 5.97 Å². The molecule has 1 fully saturated rings. The Morgan fingerprint density at radius 2 is 1.72 bits per heavy atom. The van der Waals surface area contributed by atoms with Crippen LogP contribution in [0.15, 0.2) is 36.9 Å². The fraction of sp³-hybridized carbons (Fsp3) is 0.368. The van der Waals surface area contributed by atoms with Gasteiger partial charge in [-0.2, -0.15) is 0 Å². The molecule has 0 aromatic heterocycles. The summed E-state index contributed by atoms with van der Waals surface area (Å²) in [5.74, 6) is 0.833. The molecule has 0 saturated carbocycles. The molecule has 0 aliphatic carbocycles. The van der Waals surface area contributed by atoms with Gasteiger partial charge in [-0.15, -0.1) is 0 Å². The number of amides is 1. The number of benzene rings is 1. The van der Waals surface area contributed by atoms with Crippen LogP contribution < -0.4 is 9.47 Å². The summed E-state index contributed by atoms with van der Waals surface area (Å²) in [4.78, 5) is 25.3. The molecule has 2 rings (SSSR count). The number of rotatable bonds is 6. The molecule has 1 heterocycles. The smallest absolute Gasteiger partial charge is 0.330 e. The van der Waals surface area contributed by atoms with Crippen LogP contribution in [0.1, 0.15) is 18.4 Å². The molecule has 0 unspecified atom stereocenters. The van der Waals surface area contributed by atoms with Gasteiger partial charge in [0.15, 0.2) is 0 Å². The zero-order valence-corrected chi connectivity index (χ0v) is 14.6. The van der Waals surface area contributed by atoms with Crippen molar-refractivity contribution in [2.75, 3.05) is 27.3 Å². The largest absolute Gasteiger partial charge is 0.497 e. The van der Waals surface area contributed by atoms with Crippen LogP contribution in [0.25, 0.3) is 6.08 Å². The summed E-state index contributed by atoms with van der Waals surface area (Å²) < 4.78 is 15.6. The summed E-state index contributed by atoms with van der Waals surface area (Å²) in [6.45, 7) is 4.49. The summed E-state index contributed by atoms with van der Waals surface area (Å²) in [7, 11) is 3.16. The summed E-state index contributed by atoms with van der Waals surface area (Å²) in [5.41, 5.74) is 0.819. The second-order valence-corrected chi connectivity index (χ2v) is 5.64. The number of piperidine rings is 1. The lowest BCUT2D eigenvalue weighted by Crippen LogP contribution is -2.40. The molecule has 1 aliphatic rings. The van der Waals surface area contributed by atoms with Crippen LogP contribution >= 0.6 is 0 Å². The third-order valence-corrected chi connectivity index (χ3v) is 4.00. The normalized spacial score (nSPS) is 15.0. The summed E-state index contributed by atoms with van der Waals surface area (Å²) in [6.07, 6.45) is 5.53. The first-order valence-corrected chi connectivity index (χ1v) is 8.09. The molecule has 1 aliphatic heterocycles. The van der Waals surface area contributed by atoms with Gasteiger partial charge in [-0.1, -0.05) is 6.58 Å². The SMILES string of the molecule is C=CC(=O)OC1CCN(C(=O)/C=C/c2cc(OC)cc(OC)c2)CC1. The Balaban J connectivity index is 1.93. The first-order valence-electron chi connectivity index (χ1n) is 8.09. The van der Waals surface area contributed by atoms with Crippen molar-refractivity contribution < 1.29 is 23.8 Å². The van der Waals surface area contributed by atoms with Gasteiger partial charge in [0.05, 0.1) is 14.2 Å². The number of carbonyl (C=O) groups excluding carboxylic acids is 2. The predicted octanol–water partition coefficient (Wildman–Crippen LogP) is 2.44. The van der Waals surface area contributed by atoms with E-state index in [0.29, 0.717) is 37.4 Å². The fourth-order valence-electron chi connectivity index (χ4n) is 2.61. The Morgan fingerprint density at radius 3 is 2.24 bits per heavy atom. The van der Waals surface area contributed by atoms with Crippen molar-refractivity contribution >= 4 is 18.0 Å². The maximum atomic E-state index is 12.3. The molecule has 6 nitrogen and oxygen atoms in total. The van der Waals surface area contributed by atoms with Gasteiger partial charge in [-0.3, -0.25) is 4.79 Å². The van der Waals surface area contributed by atoms with Crippen LogP contribution in [-0.2, 0) is 14.3 Å². The maximum absolute atomic E-state index is 12.3. The Kier molecular flexibility index (Phi) is 6.62. The quantitative estimate of drug-likeness (QED) is 0.585. The molecular weight excluding hydrogens is 322 g/mol. The highest BCUT2D eigenvalue weighted by molar-refractivity contribution is 5.92. The molecular formula is C19H23NO5. The lowest BCUT2D eigenvalue weighted by Gasteiger charge is -2.30. The van der Waals surface area contributed by atoms with E-state index >= 15 is 0 Å². The van der Waals surface area contributed by atoms with Gasteiger partial charge < -0.3 is 19.1 Å². The highest BCUT2D eigenvalue weighted by Gasteiger charge is 2.23. The average Bonchev–Trinajstić information content (AvgIpc) is 2.66. The third-order valence-electron chi connectivity index (χ3n) is 4.00. The van der Waals surface area contributed by atoms with Crippen molar-refractivity contribution in [3.63, 3.8) is 0 Å². The molecule has 134 valence electrons. The van der Waals surface area contributed by atoms with E-state index in [1.807, 2.05) is 12.1 Å². The lowest BCUT2D eigenvalue weighted by atomic mass is 10.1. The zero-order chi connectivity index (χ0) is 18.2. The van der Waals surface area contributed by atoms with E-state index in [4.69, 9.17) is 14.2 Å². The van der Waals surface area contributed by atoms with Crippen molar-refractivity contribution in [3.8, 4) is 11.5 Å². The van der Waals surface area contributed by atoms with Crippen LogP contribution in [0.5, 0.6) is 11.5 Å². The second kappa shape index (κ2) is 8.92. The highest BCUT2D eigenvalue weighted by Crippen LogP contribution is 2.23. The van der Waals surface area contributed by atoms with E-state index in [0.717, 1.165) is 11.6 Å². The lowest BCUT2D eigenvalue weighted by molar-refractivity contribution is -0.145. The molecule has 6 heteroatoms. The van der Waals surface area contributed by atoms with E-state index in [9.17, 15) is 9.59 Å². The van der Waals surface area contributed by atoms with Crippen molar-refractivity contribution in [2.45, 2.75) is 18.9 Å². The van der Waals surface area contributed by atoms with Gasteiger partial charge in [0.25, 0.3) is 0 Å². The summed E-state index contributed by atoms with van der Waals surface area (Å²) in [6, 6.07) is 5.43. The number of carbonyl (C=O) groups is 2. The minimum Gasteiger partial charge on any atom is -0.497 e. The van der Waals surface area contributed by atoms with E-state index in [1.54, 1.807) is 31.3 Å². The van der Waals surface area contributed by atoms with Gasteiger partial charge in [-0.05, 0) is 23.8 Å². The Bertz CT molecular complexity index is 638. The Hall–Kier alpha value is -2.76. The molecule has 0 radical (unpaired) electrons. The molecule has 0 spiro atoms. The molecule has 0 bridgehead atoms.